The standard InChI is InChI=1S/C11H24N2O2S/c1-6-9(7-16-5)12-10(14)13(4)8-11(2,3)15/h9,15H,6-8H2,1-5H3,(H,12,14). The van der Waals surface area contributed by atoms with Crippen LogP contribution in [-0.2, 0) is 0 Å². The van der Waals surface area contributed by atoms with E-state index in [2.05, 4.69) is 12.2 Å². The number of hydrogen-bond donors (Lipinski definition) is 2. The normalized spacial score (nSPS) is 13.4. The molecule has 16 heavy (non-hydrogen) atoms. The van der Waals surface area contributed by atoms with Gasteiger partial charge in [0, 0.05) is 18.8 Å². The van der Waals surface area contributed by atoms with Gasteiger partial charge >= 0.3 is 6.03 Å². The molecule has 0 radical (unpaired) electrons. The molecule has 0 saturated heterocycles. The lowest BCUT2D eigenvalue weighted by molar-refractivity contribution is 0.0528. The lowest BCUT2D eigenvalue weighted by Gasteiger charge is -2.27. The van der Waals surface area contributed by atoms with E-state index in [4.69, 9.17) is 0 Å². The topological polar surface area (TPSA) is 52.6 Å². The SMILES string of the molecule is CCC(CSC)NC(=O)N(C)CC(C)(C)O. The van der Waals surface area contributed by atoms with Crippen molar-refractivity contribution in [3.63, 3.8) is 0 Å². The number of hydrogen-bond acceptors (Lipinski definition) is 3. The maximum atomic E-state index is 11.8. The molecular weight excluding hydrogens is 224 g/mol. The largest absolute Gasteiger partial charge is 0.389 e. The maximum absolute atomic E-state index is 11.8. The van der Waals surface area contributed by atoms with Gasteiger partial charge in [0.15, 0.2) is 0 Å². The van der Waals surface area contributed by atoms with E-state index < -0.39 is 5.60 Å². The number of rotatable bonds is 6. The van der Waals surface area contributed by atoms with Gasteiger partial charge in [0.1, 0.15) is 0 Å². The molecule has 0 fully saturated rings. The molecule has 0 aliphatic heterocycles. The molecule has 0 aromatic carbocycles. The number of carbonyl (C=O) groups excluding carboxylic acids is 1. The van der Waals surface area contributed by atoms with Gasteiger partial charge in [-0.1, -0.05) is 6.92 Å². The summed E-state index contributed by atoms with van der Waals surface area (Å²) in [6.07, 6.45) is 2.94. The van der Waals surface area contributed by atoms with E-state index in [1.54, 1.807) is 32.7 Å². The molecule has 0 rings (SSSR count). The number of carbonyl (C=O) groups is 1. The highest BCUT2D eigenvalue weighted by atomic mass is 32.2. The number of aliphatic hydroxyl groups is 1. The number of likely N-dealkylation sites (N-methyl/N-ethyl adjacent to an activating group) is 1. The Kier molecular flexibility index (Phi) is 6.83. The summed E-state index contributed by atoms with van der Waals surface area (Å²) in [5.41, 5.74) is -0.854. The van der Waals surface area contributed by atoms with Crippen LogP contribution in [0, 0.1) is 0 Å². The first-order valence-electron chi connectivity index (χ1n) is 5.53. The minimum Gasteiger partial charge on any atom is -0.389 e. The van der Waals surface area contributed by atoms with Gasteiger partial charge in [-0.2, -0.15) is 11.8 Å². The van der Waals surface area contributed by atoms with Crippen LogP contribution in [0.4, 0.5) is 4.79 Å². The predicted molar refractivity (Wildman–Crippen MR) is 69.9 cm³/mol. The highest BCUT2D eigenvalue weighted by molar-refractivity contribution is 7.98. The van der Waals surface area contributed by atoms with Crippen molar-refractivity contribution in [3.8, 4) is 0 Å². The van der Waals surface area contributed by atoms with Crippen LogP contribution < -0.4 is 5.32 Å². The molecule has 0 spiro atoms. The van der Waals surface area contributed by atoms with Gasteiger partial charge in [-0.3, -0.25) is 0 Å². The van der Waals surface area contributed by atoms with Crippen molar-refractivity contribution >= 4 is 17.8 Å². The second kappa shape index (κ2) is 7.01. The minimum absolute atomic E-state index is 0.122. The highest BCUT2D eigenvalue weighted by Crippen LogP contribution is 2.05. The fraction of sp³-hybridized carbons (Fsp3) is 0.909. The third-order valence-electron chi connectivity index (χ3n) is 2.16. The molecule has 2 N–H and O–H groups in total. The monoisotopic (exact) mass is 248 g/mol. The Morgan fingerprint density at radius 2 is 2.12 bits per heavy atom. The van der Waals surface area contributed by atoms with Crippen molar-refractivity contribution in [1.29, 1.82) is 0 Å². The zero-order chi connectivity index (χ0) is 12.8. The third kappa shape index (κ3) is 6.95. The van der Waals surface area contributed by atoms with Gasteiger partial charge in [-0.15, -0.1) is 0 Å². The van der Waals surface area contributed by atoms with Crippen LogP contribution in [0.3, 0.4) is 0 Å². The first kappa shape index (κ1) is 15.6. The Balaban J connectivity index is 4.13. The van der Waals surface area contributed by atoms with E-state index >= 15 is 0 Å². The van der Waals surface area contributed by atoms with Gasteiger partial charge in [0.05, 0.1) is 12.1 Å². The Bertz CT molecular complexity index is 217. The molecule has 0 aromatic rings. The van der Waals surface area contributed by atoms with Crippen molar-refractivity contribution in [3.05, 3.63) is 0 Å². The zero-order valence-corrected chi connectivity index (χ0v) is 11.7. The van der Waals surface area contributed by atoms with E-state index in [0.717, 1.165) is 12.2 Å². The molecule has 4 nitrogen and oxygen atoms in total. The number of amides is 2. The molecule has 1 unspecified atom stereocenters. The van der Waals surface area contributed by atoms with Crippen molar-refractivity contribution in [2.24, 2.45) is 0 Å². The smallest absolute Gasteiger partial charge is 0.317 e. The van der Waals surface area contributed by atoms with Crippen LogP contribution in [-0.4, -0.2) is 53.3 Å². The van der Waals surface area contributed by atoms with Crippen molar-refractivity contribution in [2.45, 2.75) is 38.8 Å². The van der Waals surface area contributed by atoms with Crippen LogP contribution in [0.1, 0.15) is 27.2 Å². The van der Waals surface area contributed by atoms with Gasteiger partial charge in [0.25, 0.3) is 0 Å². The average Bonchev–Trinajstić information content (AvgIpc) is 2.14. The van der Waals surface area contributed by atoms with Crippen LogP contribution in [0.25, 0.3) is 0 Å². The summed E-state index contributed by atoms with van der Waals surface area (Å²) < 4.78 is 0. The van der Waals surface area contributed by atoms with Gasteiger partial charge < -0.3 is 15.3 Å². The third-order valence-corrected chi connectivity index (χ3v) is 2.89. The van der Waals surface area contributed by atoms with E-state index in [1.165, 1.54) is 4.90 Å². The Hall–Kier alpha value is -0.420. The number of thioether (sulfide) groups is 1. The fourth-order valence-corrected chi connectivity index (χ4v) is 2.12. The van der Waals surface area contributed by atoms with E-state index in [1.807, 2.05) is 6.26 Å². The van der Waals surface area contributed by atoms with Crippen LogP contribution in [0.5, 0.6) is 0 Å². The minimum atomic E-state index is -0.854. The summed E-state index contributed by atoms with van der Waals surface area (Å²) in [6, 6.07) is 0.0785. The molecule has 0 aromatic heterocycles. The molecule has 2 amide bonds. The molecule has 0 bridgehead atoms. The lowest BCUT2D eigenvalue weighted by Crippen LogP contribution is -2.48. The Labute approximate surface area is 103 Å². The van der Waals surface area contributed by atoms with E-state index in [9.17, 15) is 9.90 Å². The number of nitrogens with one attached hydrogen (secondary N) is 1. The fourth-order valence-electron chi connectivity index (χ4n) is 1.40. The number of nitrogens with zero attached hydrogens (tertiary/aromatic N) is 1. The van der Waals surface area contributed by atoms with Gasteiger partial charge in [-0.05, 0) is 26.5 Å². The summed E-state index contributed by atoms with van der Waals surface area (Å²) in [5, 5.41) is 12.6. The van der Waals surface area contributed by atoms with Crippen molar-refractivity contribution < 1.29 is 9.90 Å². The predicted octanol–water partition coefficient (Wildman–Crippen LogP) is 1.54. The Morgan fingerprint density at radius 1 is 1.56 bits per heavy atom. The van der Waals surface area contributed by atoms with Crippen LogP contribution in [0.2, 0.25) is 0 Å². The highest BCUT2D eigenvalue weighted by Gasteiger charge is 2.20. The summed E-state index contributed by atoms with van der Waals surface area (Å²) in [7, 11) is 1.69. The average molecular weight is 248 g/mol. The second-order valence-electron chi connectivity index (χ2n) is 4.68. The van der Waals surface area contributed by atoms with Crippen LogP contribution >= 0.6 is 11.8 Å². The molecule has 0 saturated carbocycles. The number of urea groups is 1. The summed E-state index contributed by atoms with van der Waals surface area (Å²) >= 11 is 1.72. The van der Waals surface area contributed by atoms with Gasteiger partial charge in [-0.25, -0.2) is 4.79 Å². The van der Waals surface area contributed by atoms with Crippen molar-refractivity contribution in [2.75, 3.05) is 25.6 Å². The maximum Gasteiger partial charge on any atom is 0.317 e. The molecule has 96 valence electrons. The molecule has 5 heteroatoms. The second-order valence-corrected chi connectivity index (χ2v) is 5.59. The summed E-state index contributed by atoms with van der Waals surface area (Å²) in [6.45, 7) is 5.76. The molecule has 0 aliphatic rings. The molecular formula is C11H24N2O2S. The van der Waals surface area contributed by atoms with Gasteiger partial charge in [0.2, 0.25) is 0 Å². The zero-order valence-electron chi connectivity index (χ0n) is 10.9. The van der Waals surface area contributed by atoms with Crippen LogP contribution in [0.15, 0.2) is 0 Å². The quantitative estimate of drug-likeness (QED) is 0.749. The van der Waals surface area contributed by atoms with E-state index in [0.29, 0.717) is 6.54 Å². The Morgan fingerprint density at radius 3 is 2.50 bits per heavy atom. The molecule has 1 atom stereocenters. The summed E-state index contributed by atoms with van der Waals surface area (Å²) in [5.74, 6) is 0.915. The lowest BCUT2D eigenvalue weighted by atomic mass is 10.1. The molecule has 0 aliphatic carbocycles. The first-order chi connectivity index (χ1) is 7.30. The molecule has 0 heterocycles. The van der Waals surface area contributed by atoms with Crippen molar-refractivity contribution in [1.82, 2.24) is 10.2 Å². The first-order valence-corrected chi connectivity index (χ1v) is 6.92. The van der Waals surface area contributed by atoms with E-state index in [-0.39, 0.29) is 12.1 Å². The summed E-state index contributed by atoms with van der Waals surface area (Å²) in [4.78, 5) is 13.3.